The molecule has 1 heterocycles. The highest BCUT2D eigenvalue weighted by Gasteiger charge is 2.31. The van der Waals surface area contributed by atoms with Crippen LogP contribution in [-0.2, 0) is 4.79 Å². The maximum absolute atomic E-state index is 12.7. The van der Waals surface area contributed by atoms with Crippen LogP contribution in [-0.4, -0.2) is 42.1 Å². The number of nitrogens with one attached hydrogen (secondary N) is 2. The van der Waals surface area contributed by atoms with Gasteiger partial charge >= 0.3 is 0 Å². The Morgan fingerprint density at radius 2 is 1.72 bits per heavy atom. The van der Waals surface area contributed by atoms with Crippen LogP contribution in [0.1, 0.15) is 55.6 Å². The fourth-order valence-electron chi connectivity index (χ4n) is 3.22. The highest BCUT2D eigenvalue weighted by molar-refractivity contribution is 5.93. The SMILES string of the molecule is CN1CCC(C(=O)N[C@H](c2ccc(C(=O)NO)cc2)C(C)(C)C)CC1. The van der Waals surface area contributed by atoms with Crippen molar-refractivity contribution in [3.63, 3.8) is 0 Å². The lowest BCUT2D eigenvalue weighted by Gasteiger charge is -2.35. The fraction of sp³-hybridized carbons (Fsp3) is 0.579. The van der Waals surface area contributed by atoms with E-state index in [9.17, 15) is 9.59 Å². The van der Waals surface area contributed by atoms with E-state index in [2.05, 4.69) is 38.0 Å². The van der Waals surface area contributed by atoms with E-state index in [1.54, 1.807) is 17.6 Å². The van der Waals surface area contributed by atoms with Crippen LogP contribution in [0.15, 0.2) is 24.3 Å². The molecule has 0 bridgehead atoms. The monoisotopic (exact) mass is 347 g/mol. The summed E-state index contributed by atoms with van der Waals surface area (Å²) in [6.07, 6.45) is 1.77. The normalized spacial score (nSPS) is 17.8. The van der Waals surface area contributed by atoms with E-state index in [1.165, 1.54) is 0 Å². The molecule has 1 atom stereocenters. The first-order valence-corrected chi connectivity index (χ1v) is 8.75. The number of hydrogen-bond acceptors (Lipinski definition) is 4. The number of carbonyl (C=O) groups excluding carboxylic acids is 2. The van der Waals surface area contributed by atoms with Gasteiger partial charge in [0, 0.05) is 11.5 Å². The molecular formula is C19H29N3O3. The highest BCUT2D eigenvalue weighted by Crippen LogP contribution is 2.33. The summed E-state index contributed by atoms with van der Waals surface area (Å²) in [5, 5.41) is 11.9. The Balaban J connectivity index is 2.14. The second-order valence-electron chi connectivity index (χ2n) is 7.95. The maximum Gasteiger partial charge on any atom is 0.274 e. The van der Waals surface area contributed by atoms with E-state index >= 15 is 0 Å². The van der Waals surface area contributed by atoms with E-state index in [4.69, 9.17) is 5.21 Å². The summed E-state index contributed by atoms with van der Waals surface area (Å²) in [5.74, 6) is -0.389. The van der Waals surface area contributed by atoms with Crippen molar-refractivity contribution in [2.45, 2.75) is 39.7 Å². The Bertz CT molecular complexity index is 599. The standard InChI is InChI=1S/C19H29N3O3/c1-19(2,3)16(13-5-7-14(8-6-13)18(24)21-25)20-17(23)15-9-11-22(4)12-10-15/h5-8,15-16,25H,9-12H2,1-4H3,(H,20,23)(H,21,24)/t16-/m1/s1. The Morgan fingerprint density at radius 1 is 1.16 bits per heavy atom. The third-order valence-corrected chi connectivity index (χ3v) is 4.85. The van der Waals surface area contributed by atoms with E-state index in [0.29, 0.717) is 5.56 Å². The van der Waals surface area contributed by atoms with Gasteiger partial charge in [0.2, 0.25) is 5.91 Å². The Labute approximate surface area is 149 Å². The number of hydrogen-bond donors (Lipinski definition) is 3. The predicted molar refractivity (Wildman–Crippen MR) is 96.3 cm³/mol. The summed E-state index contributed by atoms with van der Waals surface area (Å²) >= 11 is 0. The van der Waals surface area contributed by atoms with E-state index < -0.39 is 5.91 Å². The van der Waals surface area contributed by atoms with Gasteiger partial charge in [-0.05, 0) is 56.1 Å². The number of piperidine rings is 1. The van der Waals surface area contributed by atoms with Crippen molar-refractivity contribution in [3.05, 3.63) is 35.4 Å². The van der Waals surface area contributed by atoms with Crippen molar-refractivity contribution in [3.8, 4) is 0 Å². The first-order valence-electron chi connectivity index (χ1n) is 8.75. The van der Waals surface area contributed by atoms with Gasteiger partial charge < -0.3 is 10.2 Å². The molecule has 1 fully saturated rings. The highest BCUT2D eigenvalue weighted by atomic mass is 16.5. The summed E-state index contributed by atoms with van der Waals surface area (Å²) in [4.78, 5) is 26.4. The Hall–Kier alpha value is -1.92. The third kappa shape index (κ3) is 5.03. The molecule has 1 aromatic carbocycles. The number of hydroxylamine groups is 1. The molecule has 0 aliphatic carbocycles. The molecule has 0 spiro atoms. The zero-order valence-electron chi connectivity index (χ0n) is 15.5. The van der Waals surface area contributed by atoms with Crippen molar-refractivity contribution < 1.29 is 14.8 Å². The number of rotatable bonds is 4. The molecule has 0 aromatic heterocycles. The van der Waals surface area contributed by atoms with Crippen LogP contribution in [0, 0.1) is 11.3 Å². The molecule has 6 nitrogen and oxygen atoms in total. The number of nitrogens with zero attached hydrogens (tertiary/aromatic N) is 1. The fourth-order valence-corrected chi connectivity index (χ4v) is 3.22. The first-order chi connectivity index (χ1) is 11.7. The molecule has 6 heteroatoms. The lowest BCUT2D eigenvalue weighted by molar-refractivity contribution is -0.128. The van der Waals surface area contributed by atoms with Crippen LogP contribution >= 0.6 is 0 Å². The molecular weight excluding hydrogens is 318 g/mol. The van der Waals surface area contributed by atoms with Gasteiger partial charge in [0.15, 0.2) is 0 Å². The lowest BCUT2D eigenvalue weighted by Crippen LogP contribution is -2.43. The molecule has 25 heavy (non-hydrogen) atoms. The molecule has 0 radical (unpaired) electrons. The molecule has 0 saturated carbocycles. The number of amides is 2. The third-order valence-electron chi connectivity index (χ3n) is 4.85. The lowest BCUT2D eigenvalue weighted by atomic mass is 9.81. The van der Waals surface area contributed by atoms with Gasteiger partial charge in [0.25, 0.3) is 5.91 Å². The van der Waals surface area contributed by atoms with Crippen LogP contribution in [0.5, 0.6) is 0 Å². The molecule has 138 valence electrons. The minimum absolute atomic E-state index is 0.0560. The molecule has 1 aliphatic heterocycles. The van der Waals surface area contributed by atoms with Crippen LogP contribution in [0.3, 0.4) is 0 Å². The molecule has 1 saturated heterocycles. The first kappa shape index (κ1) is 19.4. The Kier molecular flexibility index (Phi) is 6.19. The summed E-state index contributed by atoms with van der Waals surface area (Å²) in [7, 11) is 2.08. The molecule has 2 rings (SSSR count). The van der Waals surface area contributed by atoms with Gasteiger partial charge in [-0.15, -0.1) is 0 Å². The summed E-state index contributed by atoms with van der Waals surface area (Å²) in [5.41, 5.74) is 2.78. The molecule has 0 unspecified atom stereocenters. The summed E-state index contributed by atoms with van der Waals surface area (Å²) in [6, 6.07) is 6.82. The van der Waals surface area contributed by atoms with Gasteiger partial charge in [-0.3, -0.25) is 14.8 Å². The quantitative estimate of drug-likeness (QED) is 0.577. The van der Waals surface area contributed by atoms with Crippen LogP contribution < -0.4 is 10.8 Å². The molecule has 3 N–H and O–H groups in total. The largest absolute Gasteiger partial charge is 0.349 e. The van der Waals surface area contributed by atoms with E-state index in [-0.39, 0.29) is 23.3 Å². The van der Waals surface area contributed by atoms with Crippen molar-refractivity contribution in [2.75, 3.05) is 20.1 Å². The van der Waals surface area contributed by atoms with Gasteiger partial charge in [0.1, 0.15) is 0 Å². The molecule has 2 amide bonds. The molecule has 1 aliphatic rings. The maximum atomic E-state index is 12.7. The number of benzene rings is 1. The van der Waals surface area contributed by atoms with Crippen LogP contribution in [0.2, 0.25) is 0 Å². The summed E-state index contributed by atoms with van der Waals surface area (Å²) < 4.78 is 0. The second-order valence-corrected chi connectivity index (χ2v) is 7.95. The number of carbonyl (C=O) groups is 2. The van der Waals surface area contributed by atoms with Gasteiger partial charge in [-0.25, -0.2) is 5.48 Å². The zero-order chi connectivity index (χ0) is 18.6. The number of likely N-dealkylation sites (tertiary alicyclic amines) is 1. The van der Waals surface area contributed by atoms with Crippen molar-refractivity contribution in [1.29, 1.82) is 0 Å². The van der Waals surface area contributed by atoms with Crippen molar-refractivity contribution >= 4 is 11.8 Å². The summed E-state index contributed by atoms with van der Waals surface area (Å²) in [6.45, 7) is 8.15. The van der Waals surface area contributed by atoms with E-state index in [0.717, 1.165) is 31.5 Å². The van der Waals surface area contributed by atoms with Gasteiger partial charge in [0.05, 0.1) is 6.04 Å². The average molecular weight is 347 g/mol. The van der Waals surface area contributed by atoms with Gasteiger partial charge in [-0.2, -0.15) is 0 Å². The van der Waals surface area contributed by atoms with Crippen LogP contribution in [0.4, 0.5) is 0 Å². The Morgan fingerprint density at radius 3 is 2.20 bits per heavy atom. The van der Waals surface area contributed by atoms with E-state index in [1.807, 2.05) is 12.1 Å². The van der Waals surface area contributed by atoms with Crippen LogP contribution in [0.25, 0.3) is 0 Å². The van der Waals surface area contributed by atoms with Gasteiger partial charge in [-0.1, -0.05) is 32.9 Å². The zero-order valence-corrected chi connectivity index (χ0v) is 15.5. The second kappa shape index (κ2) is 7.97. The topological polar surface area (TPSA) is 81.7 Å². The molecule has 1 aromatic rings. The minimum Gasteiger partial charge on any atom is -0.349 e. The predicted octanol–water partition coefficient (Wildman–Crippen LogP) is 2.35. The average Bonchev–Trinajstić information content (AvgIpc) is 2.58. The minimum atomic E-state index is -0.547. The van der Waals surface area contributed by atoms with Crippen molar-refractivity contribution in [1.82, 2.24) is 15.7 Å². The smallest absolute Gasteiger partial charge is 0.274 e. The van der Waals surface area contributed by atoms with Crippen molar-refractivity contribution in [2.24, 2.45) is 11.3 Å².